The number of phenols is 4. The number of benzene rings is 5. The molecule has 0 aliphatic rings. The number of phenolic OH excluding ortho intramolecular Hbond substituents is 4. The molecule has 10 heteroatoms. The molecule has 0 amide bonds. The topological polar surface area (TPSA) is 80.9 Å². The van der Waals surface area contributed by atoms with Gasteiger partial charge in [0, 0.05) is 5.41 Å². The minimum absolute atomic E-state index is 0.255. The van der Waals surface area contributed by atoms with Crippen LogP contribution >= 0.6 is 0 Å². The Labute approximate surface area is 255 Å². The number of alkyl halides is 6. The molecule has 0 unspecified atom stereocenters. The molecule has 5 aromatic carbocycles. The molecular formula is C35H28F6O4. The number of hydrogen-bond donors (Lipinski definition) is 4. The fourth-order valence-corrected chi connectivity index (χ4v) is 5.27. The maximum Gasteiger partial charge on any atom is 0.411 e. The van der Waals surface area contributed by atoms with Crippen molar-refractivity contribution < 1.29 is 46.8 Å². The van der Waals surface area contributed by atoms with Gasteiger partial charge in [-0.2, -0.15) is 26.3 Å². The number of halogens is 6. The lowest BCUT2D eigenvalue weighted by Gasteiger charge is -2.38. The zero-order chi connectivity index (χ0) is 33.0. The lowest BCUT2D eigenvalue weighted by atomic mass is 9.71. The first-order valence-electron chi connectivity index (χ1n) is 13.5. The van der Waals surface area contributed by atoms with Crippen molar-refractivity contribution in [1.29, 1.82) is 0 Å². The third-order valence-electron chi connectivity index (χ3n) is 7.69. The van der Waals surface area contributed by atoms with Gasteiger partial charge < -0.3 is 20.4 Å². The normalized spacial score (nSPS) is 12.2. The Morgan fingerprint density at radius 3 is 0.867 bits per heavy atom. The van der Waals surface area contributed by atoms with E-state index in [1.807, 2.05) is 42.5 Å². The van der Waals surface area contributed by atoms with E-state index in [9.17, 15) is 36.6 Å². The van der Waals surface area contributed by atoms with Gasteiger partial charge in [0.1, 0.15) is 23.0 Å². The number of rotatable bonds is 5. The Hall–Kier alpha value is -5.12. The van der Waals surface area contributed by atoms with Crippen molar-refractivity contribution in [1.82, 2.24) is 0 Å². The van der Waals surface area contributed by atoms with E-state index in [2.05, 4.69) is 19.1 Å². The highest BCUT2D eigenvalue weighted by Crippen LogP contribution is 2.56. The summed E-state index contributed by atoms with van der Waals surface area (Å²) in [6.45, 7) is 2.15. The van der Waals surface area contributed by atoms with Crippen LogP contribution in [0.3, 0.4) is 0 Å². The van der Waals surface area contributed by atoms with Crippen molar-refractivity contribution in [2.24, 2.45) is 0 Å². The second-order valence-electron chi connectivity index (χ2n) is 10.4. The quantitative estimate of drug-likeness (QED) is 0.116. The van der Waals surface area contributed by atoms with Crippen LogP contribution < -0.4 is 0 Å². The summed E-state index contributed by atoms with van der Waals surface area (Å²) in [5.41, 5.74) is -3.47. The van der Waals surface area contributed by atoms with Gasteiger partial charge in [-0.1, -0.05) is 78.9 Å². The first-order chi connectivity index (χ1) is 21.1. The fourth-order valence-electron chi connectivity index (χ4n) is 5.27. The first kappa shape index (κ1) is 32.8. The molecule has 0 atom stereocenters. The molecule has 0 aliphatic carbocycles. The van der Waals surface area contributed by atoms with Crippen LogP contribution in [0.5, 0.6) is 23.0 Å². The Bertz CT molecular complexity index is 1570. The van der Waals surface area contributed by atoms with E-state index in [0.29, 0.717) is 24.3 Å². The van der Waals surface area contributed by atoms with Gasteiger partial charge in [-0.15, -0.1) is 0 Å². The van der Waals surface area contributed by atoms with Gasteiger partial charge in [-0.3, -0.25) is 0 Å². The monoisotopic (exact) mass is 626 g/mol. The van der Waals surface area contributed by atoms with Crippen molar-refractivity contribution in [2.75, 3.05) is 0 Å². The van der Waals surface area contributed by atoms with Crippen LogP contribution in [0.25, 0.3) is 0 Å². The molecule has 0 spiro atoms. The SMILES string of the molecule is CC(c1ccccc1)(c1ccc(O)cc1)c1ccc(O)cc1.Oc1ccc(C(c2ccc(O)cc2)(C(F)(F)F)C(F)(F)F)cc1. The van der Waals surface area contributed by atoms with Gasteiger partial charge in [-0.25, -0.2) is 0 Å². The van der Waals surface area contributed by atoms with Crippen LogP contribution in [-0.2, 0) is 10.8 Å². The molecule has 0 aliphatic heterocycles. The van der Waals surface area contributed by atoms with Gasteiger partial charge >= 0.3 is 12.4 Å². The molecule has 5 rings (SSSR count). The van der Waals surface area contributed by atoms with Crippen LogP contribution in [0.1, 0.15) is 34.7 Å². The van der Waals surface area contributed by atoms with Gasteiger partial charge in [0.05, 0.1) is 0 Å². The zero-order valence-electron chi connectivity index (χ0n) is 23.7. The summed E-state index contributed by atoms with van der Waals surface area (Å²) in [7, 11) is 0. The van der Waals surface area contributed by atoms with Gasteiger partial charge in [-0.05, 0) is 83.3 Å². The fraction of sp³-hybridized carbons (Fsp3) is 0.143. The van der Waals surface area contributed by atoms with E-state index >= 15 is 0 Å². The summed E-state index contributed by atoms with van der Waals surface area (Å²) in [6, 6.07) is 30.1. The molecule has 4 nitrogen and oxygen atoms in total. The summed E-state index contributed by atoms with van der Waals surface area (Å²) in [6.07, 6.45) is -11.4. The van der Waals surface area contributed by atoms with Gasteiger partial charge in [0.2, 0.25) is 5.41 Å². The molecule has 0 aromatic heterocycles. The van der Waals surface area contributed by atoms with Crippen molar-refractivity contribution in [3.8, 4) is 23.0 Å². The first-order valence-corrected chi connectivity index (χ1v) is 13.5. The minimum Gasteiger partial charge on any atom is -0.508 e. The van der Waals surface area contributed by atoms with E-state index in [1.165, 1.54) is 0 Å². The number of hydrogen-bond acceptors (Lipinski definition) is 4. The molecule has 45 heavy (non-hydrogen) atoms. The Morgan fingerprint density at radius 1 is 0.356 bits per heavy atom. The van der Waals surface area contributed by atoms with Crippen molar-refractivity contribution in [3.05, 3.63) is 155 Å². The molecule has 0 saturated carbocycles. The van der Waals surface area contributed by atoms with E-state index in [1.54, 1.807) is 24.3 Å². The molecule has 0 fully saturated rings. The average Bonchev–Trinajstić information content (AvgIpc) is 2.99. The highest BCUT2D eigenvalue weighted by atomic mass is 19.4. The second kappa shape index (κ2) is 12.5. The Kier molecular flexibility index (Phi) is 9.09. The largest absolute Gasteiger partial charge is 0.508 e. The highest BCUT2D eigenvalue weighted by Gasteiger charge is 2.72. The molecular weight excluding hydrogens is 598 g/mol. The highest BCUT2D eigenvalue weighted by molar-refractivity contribution is 5.51. The third-order valence-corrected chi connectivity index (χ3v) is 7.69. The van der Waals surface area contributed by atoms with Crippen molar-refractivity contribution >= 4 is 0 Å². The van der Waals surface area contributed by atoms with Crippen LogP contribution in [-0.4, -0.2) is 32.8 Å². The van der Waals surface area contributed by atoms with E-state index in [4.69, 9.17) is 10.2 Å². The standard InChI is InChI=1S/C20H18O2.C15H10F6O2/c1-20(15-5-3-2-4-6-15,16-7-11-18(21)12-8-16)17-9-13-19(22)14-10-17;16-14(17,18)13(15(19,20)21,9-1-5-11(22)6-2-9)10-3-7-12(23)8-4-10/h2-14,21-22H,1H3;1-8,22-23H. The molecule has 5 aromatic rings. The van der Waals surface area contributed by atoms with E-state index in [-0.39, 0.29) is 16.9 Å². The van der Waals surface area contributed by atoms with Crippen LogP contribution in [0.15, 0.2) is 127 Å². The van der Waals surface area contributed by atoms with Crippen molar-refractivity contribution in [2.45, 2.75) is 30.1 Å². The van der Waals surface area contributed by atoms with Gasteiger partial charge in [0.25, 0.3) is 0 Å². The zero-order valence-corrected chi connectivity index (χ0v) is 23.7. The summed E-state index contributed by atoms with van der Waals surface area (Å²) in [4.78, 5) is 0. The molecule has 4 N–H and O–H groups in total. The molecule has 234 valence electrons. The van der Waals surface area contributed by atoms with Crippen molar-refractivity contribution in [3.63, 3.8) is 0 Å². The molecule has 0 bridgehead atoms. The van der Waals surface area contributed by atoms with Crippen LogP contribution in [0.2, 0.25) is 0 Å². The predicted octanol–water partition coefficient (Wildman–Crippen LogP) is 8.96. The Morgan fingerprint density at radius 2 is 0.600 bits per heavy atom. The minimum atomic E-state index is -5.70. The predicted molar refractivity (Wildman–Crippen MR) is 157 cm³/mol. The van der Waals surface area contributed by atoms with Crippen LogP contribution in [0.4, 0.5) is 26.3 Å². The maximum absolute atomic E-state index is 13.6. The van der Waals surface area contributed by atoms with Gasteiger partial charge in [0.15, 0.2) is 0 Å². The lowest BCUT2D eigenvalue weighted by Crippen LogP contribution is -2.54. The van der Waals surface area contributed by atoms with E-state index < -0.39 is 40.4 Å². The maximum atomic E-state index is 13.6. The van der Waals surface area contributed by atoms with Crippen LogP contribution in [0, 0.1) is 0 Å². The average molecular weight is 627 g/mol. The lowest BCUT2D eigenvalue weighted by molar-refractivity contribution is -0.288. The number of aromatic hydroxyl groups is 4. The molecule has 0 radical (unpaired) electrons. The molecule has 0 saturated heterocycles. The molecule has 0 heterocycles. The Balaban J connectivity index is 0.000000205. The smallest absolute Gasteiger partial charge is 0.411 e. The summed E-state index contributed by atoms with van der Waals surface area (Å²) in [5.74, 6) is -0.412. The summed E-state index contributed by atoms with van der Waals surface area (Å²) < 4.78 is 81.6. The second-order valence-corrected chi connectivity index (χ2v) is 10.4. The van der Waals surface area contributed by atoms with E-state index in [0.717, 1.165) is 41.0 Å². The third kappa shape index (κ3) is 6.40. The summed E-state index contributed by atoms with van der Waals surface area (Å²) >= 11 is 0. The summed E-state index contributed by atoms with van der Waals surface area (Å²) in [5, 5.41) is 37.4.